The van der Waals surface area contributed by atoms with Crippen LogP contribution in [0.5, 0.6) is 0 Å². The van der Waals surface area contributed by atoms with Crippen molar-refractivity contribution >= 4 is 37.9 Å². The van der Waals surface area contributed by atoms with Gasteiger partial charge in [-0.2, -0.15) is 0 Å². The van der Waals surface area contributed by atoms with Gasteiger partial charge in [-0.25, -0.2) is 70.2 Å². The summed E-state index contributed by atoms with van der Waals surface area (Å²) in [5.41, 5.74) is -10.9. The van der Waals surface area contributed by atoms with Crippen molar-refractivity contribution in [2.24, 2.45) is 0 Å². The third-order valence-electron chi connectivity index (χ3n) is 6.33. The Hall–Kier alpha value is -3.75. The Balaban J connectivity index is 0.00000484. The smallest absolute Gasteiger partial charge is 0.191 e. The second-order valence-electron chi connectivity index (χ2n) is 8.39. The molecule has 0 amide bonds. The van der Waals surface area contributed by atoms with Gasteiger partial charge in [-0.05, 0) is 9.90 Å². The zero-order valence-corrected chi connectivity index (χ0v) is 21.9. The van der Waals surface area contributed by atoms with E-state index in [9.17, 15) is 35.1 Å². The maximum absolute atomic E-state index is 15.3. The van der Waals surface area contributed by atoms with E-state index in [1.54, 1.807) is 0 Å². The van der Waals surface area contributed by atoms with E-state index in [1.165, 1.54) is 0 Å². The van der Waals surface area contributed by atoms with E-state index in [0.29, 0.717) is 0 Å². The number of halogens is 16. The number of benzene rings is 4. The SMILES string of the molecule is Fc1cc(F)c([B-](c2c(F)cc(F)c(F)c2F)(c2c(F)cc(F)c(F)c2F)c2c(F)cc(F)c(F)c2F)c(F)c1F.[PH4+]. The van der Waals surface area contributed by atoms with E-state index in [2.05, 4.69) is 0 Å². The topological polar surface area (TPSA) is 0 Å². The zero-order chi connectivity index (χ0) is 30.9. The molecule has 0 heterocycles. The molecule has 1 atom stereocenters. The zero-order valence-electron chi connectivity index (χ0n) is 19.9. The van der Waals surface area contributed by atoms with Crippen molar-refractivity contribution in [2.45, 2.75) is 0 Å². The fraction of sp³-hybridized carbons (Fsp3) is 0. The first-order chi connectivity index (χ1) is 19.0. The molecule has 0 spiro atoms. The molecule has 4 aromatic rings. The second kappa shape index (κ2) is 11.2. The molecule has 0 saturated heterocycles. The van der Waals surface area contributed by atoms with Gasteiger partial charge >= 0.3 is 0 Å². The van der Waals surface area contributed by atoms with Crippen LogP contribution in [0.1, 0.15) is 0 Å². The van der Waals surface area contributed by atoms with Crippen molar-refractivity contribution in [2.75, 3.05) is 0 Å². The highest BCUT2D eigenvalue weighted by Gasteiger charge is 2.49. The molecule has 4 aromatic carbocycles. The van der Waals surface area contributed by atoms with Crippen LogP contribution in [0.4, 0.5) is 70.2 Å². The molecule has 4 rings (SSSR count). The van der Waals surface area contributed by atoms with Crippen molar-refractivity contribution in [3.05, 3.63) is 117 Å². The summed E-state index contributed by atoms with van der Waals surface area (Å²) in [6.07, 6.45) is -6.18. The molecule has 0 aliphatic heterocycles. The molecule has 0 aliphatic carbocycles. The van der Waals surface area contributed by atoms with E-state index < -0.39 is 145 Å². The van der Waals surface area contributed by atoms with Crippen molar-refractivity contribution in [1.29, 1.82) is 0 Å². The molecule has 1 unspecified atom stereocenters. The summed E-state index contributed by atoms with van der Waals surface area (Å²) >= 11 is 0. The van der Waals surface area contributed by atoms with Crippen LogP contribution in [0.3, 0.4) is 0 Å². The standard InChI is InChI=1S/C24H4BF16.H3P/c26-5-1-9(30)17(34)21(38)13(5)25(14-6(27)2-10(31)18(35)22(14)39,15-7(28)3-11(32)19(36)23(15)40)16-8(29)4-12(33)20(37)24(16)41;/h1-4H;1H3/q-1;/p+1. The molecule has 0 saturated carbocycles. The van der Waals surface area contributed by atoms with E-state index >= 15 is 35.1 Å². The minimum absolute atomic E-state index is 0. The van der Waals surface area contributed by atoms with Crippen molar-refractivity contribution in [3.8, 4) is 0 Å². The predicted octanol–water partition coefficient (Wildman–Crippen LogP) is 5.08. The highest BCUT2D eigenvalue weighted by Crippen LogP contribution is 2.27. The van der Waals surface area contributed by atoms with E-state index in [0.717, 1.165) is 0 Å². The van der Waals surface area contributed by atoms with Crippen LogP contribution in [0.25, 0.3) is 0 Å². The van der Waals surface area contributed by atoms with Gasteiger partial charge in [-0.15, -0.1) is 21.9 Å². The summed E-state index contributed by atoms with van der Waals surface area (Å²) in [6.45, 7) is 0. The third kappa shape index (κ3) is 4.48. The van der Waals surface area contributed by atoms with Gasteiger partial charge in [-0.3, -0.25) is 0 Å². The first-order valence-corrected chi connectivity index (χ1v) is 10.5. The Kier molecular flexibility index (Phi) is 8.70. The fourth-order valence-corrected chi connectivity index (χ4v) is 4.77. The summed E-state index contributed by atoms with van der Waals surface area (Å²) in [4.78, 5) is 0. The molecule has 0 nitrogen and oxygen atoms in total. The Morgan fingerprint density at radius 2 is 0.429 bits per heavy atom. The normalized spacial score (nSPS) is 11.6. The van der Waals surface area contributed by atoms with Crippen LogP contribution in [0.15, 0.2) is 24.3 Å². The molecule has 42 heavy (non-hydrogen) atoms. The van der Waals surface area contributed by atoms with Gasteiger partial charge in [0.05, 0.1) is 23.3 Å². The Bertz CT molecular complexity index is 1510. The quantitative estimate of drug-likeness (QED) is 0.0959. The van der Waals surface area contributed by atoms with Gasteiger partial charge in [0.1, 0.15) is 29.4 Å². The van der Waals surface area contributed by atoms with Gasteiger partial charge in [0, 0.05) is 24.3 Å². The summed E-state index contributed by atoms with van der Waals surface area (Å²) in [5.74, 6) is -45.1. The van der Waals surface area contributed by atoms with Crippen molar-refractivity contribution in [1.82, 2.24) is 0 Å². The lowest BCUT2D eigenvalue weighted by molar-refractivity contribution is 0.434. The number of rotatable bonds is 4. The first kappa shape index (κ1) is 32.8. The Labute approximate surface area is 226 Å². The van der Waals surface area contributed by atoms with Crippen LogP contribution in [-0.2, 0) is 0 Å². The van der Waals surface area contributed by atoms with Crippen LogP contribution < -0.4 is 21.9 Å². The maximum Gasteiger partial charge on any atom is 0.191 e. The molecule has 0 radical (unpaired) electrons. The highest BCUT2D eigenvalue weighted by molar-refractivity contribution is 7.20. The van der Waals surface area contributed by atoms with Crippen LogP contribution in [0, 0.1) is 93.1 Å². The molecular weight excluding hydrogens is 634 g/mol. The average Bonchev–Trinajstić information content (AvgIpc) is 2.87. The summed E-state index contributed by atoms with van der Waals surface area (Å²) in [5, 5.41) is 0. The van der Waals surface area contributed by atoms with Gasteiger partial charge in [0.25, 0.3) is 0 Å². The van der Waals surface area contributed by atoms with Crippen LogP contribution >= 0.6 is 9.90 Å². The van der Waals surface area contributed by atoms with Gasteiger partial charge in [0.15, 0.2) is 46.5 Å². The third-order valence-corrected chi connectivity index (χ3v) is 6.33. The Morgan fingerprint density at radius 3 is 0.595 bits per heavy atom. The lowest BCUT2D eigenvalue weighted by Crippen LogP contribution is -2.80. The van der Waals surface area contributed by atoms with Gasteiger partial charge in [-0.1, -0.05) is 0 Å². The van der Waals surface area contributed by atoms with Crippen molar-refractivity contribution in [3.63, 3.8) is 0 Å². The summed E-state index contributed by atoms with van der Waals surface area (Å²) in [7, 11) is 0. The van der Waals surface area contributed by atoms with E-state index in [1.807, 2.05) is 0 Å². The largest absolute Gasteiger partial charge is 0.210 e. The average molecular weight is 642 g/mol. The lowest BCUT2D eigenvalue weighted by Gasteiger charge is -2.44. The minimum atomic E-state index is -6.18. The molecule has 0 N–H and O–H groups in total. The maximum atomic E-state index is 15.3. The molecule has 0 aromatic heterocycles. The molecule has 0 bridgehead atoms. The molecule has 224 valence electrons. The molecule has 0 fully saturated rings. The minimum Gasteiger partial charge on any atom is -0.210 e. The summed E-state index contributed by atoms with van der Waals surface area (Å²) < 4.78 is 235. The Morgan fingerprint density at radius 1 is 0.262 bits per heavy atom. The van der Waals surface area contributed by atoms with Crippen molar-refractivity contribution < 1.29 is 70.2 Å². The highest BCUT2D eigenvalue weighted by atomic mass is 31.0. The van der Waals surface area contributed by atoms with Crippen LogP contribution in [-0.4, -0.2) is 6.15 Å². The van der Waals surface area contributed by atoms with E-state index in [-0.39, 0.29) is 9.90 Å². The fourth-order valence-electron chi connectivity index (χ4n) is 4.77. The molecule has 18 heteroatoms. The second-order valence-corrected chi connectivity index (χ2v) is 8.39. The summed E-state index contributed by atoms with van der Waals surface area (Å²) in [6, 6.07) is -2.92. The van der Waals surface area contributed by atoms with Crippen LogP contribution in [0.2, 0.25) is 0 Å². The van der Waals surface area contributed by atoms with E-state index in [4.69, 9.17) is 0 Å². The lowest BCUT2D eigenvalue weighted by atomic mass is 9.12. The number of hydrogen-bond donors (Lipinski definition) is 0. The molecule has 0 aliphatic rings. The first-order valence-electron chi connectivity index (χ1n) is 10.5. The van der Waals surface area contributed by atoms with Gasteiger partial charge in [0.2, 0.25) is 0 Å². The number of hydrogen-bond acceptors (Lipinski definition) is 0. The predicted molar refractivity (Wildman–Crippen MR) is 122 cm³/mol. The van der Waals surface area contributed by atoms with Gasteiger partial charge < -0.3 is 0 Å². The molecular formula is C24H8BF16P. The monoisotopic (exact) mass is 642 g/mol.